The zero-order valence-electron chi connectivity index (χ0n) is 5.24. The Morgan fingerprint density at radius 1 is 1.50 bits per heavy atom. The van der Waals surface area contributed by atoms with Gasteiger partial charge < -0.3 is 0 Å². The summed E-state index contributed by atoms with van der Waals surface area (Å²) in [7, 11) is -1.06. The predicted octanol–water partition coefficient (Wildman–Crippen LogP) is 0.819. The van der Waals surface area contributed by atoms with E-state index in [2.05, 4.69) is 32.6 Å². The Bertz CT molecular complexity index is 248. The molecule has 0 spiro atoms. The first kappa shape index (κ1) is 8.06. The average molecular weight is 268 g/mol. The molecule has 0 saturated heterocycles. The predicted molar refractivity (Wildman–Crippen MR) is 47.1 cm³/mol. The molecule has 0 fully saturated rings. The molecule has 0 aliphatic rings. The van der Waals surface area contributed by atoms with Gasteiger partial charge in [0.05, 0.1) is 10.8 Å². The second kappa shape index (κ2) is 3.38. The molecule has 3 nitrogen and oxygen atoms in total. The molecule has 1 aromatic heterocycles. The Morgan fingerprint density at radius 3 is 2.40 bits per heavy atom. The quantitative estimate of drug-likeness (QED) is 0.559. The van der Waals surface area contributed by atoms with Gasteiger partial charge in [0, 0.05) is 22.2 Å². The highest BCUT2D eigenvalue weighted by Gasteiger charge is 1.97. The SMILES string of the molecule is C[S@@](=O)c1ncc(I)cn1. The highest BCUT2D eigenvalue weighted by atomic mass is 127. The summed E-state index contributed by atoms with van der Waals surface area (Å²) in [6.45, 7) is 0. The molecule has 5 heteroatoms. The number of hydrogen-bond acceptors (Lipinski definition) is 3. The molecule has 0 radical (unpaired) electrons. The van der Waals surface area contributed by atoms with Gasteiger partial charge in [0.1, 0.15) is 0 Å². The highest BCUT2D eigenvalue weighted by Crippen LogP contribution is 2.00. The summed E-state index contributed by atoms with van der Waals surface area (Å²) >= 11 is 2.10. The van der Waals surface area contributed by atoms with Crippen LogP contribution < -0.4 is 0 Å². The summed E-state index contributed by atoms with van der Waals surface area (Å²) < 4.78 is 11.7. The zero-order valence-corrected chi connectivity index (χ0v) is 8.22. The molecule has 0 unspecified atom stereocenters. The summed E-state index contributed by atoms with van der Waals surface area (Å²) in [6, 6.07) is 0. The Balaban J connectivity index is 3.00. The molecule has 0 saturated carbocycles. The van der Waals surface area contributed by atoms with Crippen molar-refractivity contribution in [3.05, 3.63) is 16.0 Å². The molecule has 1 heterocycles. The van der Waals surface area contributed by atoms with Crippen LogP contribution in [0.25, 0.3) is 0 Å². The number of halogens is 1. The van der Waals surface area contributed by atoms with Crippen molar-refractivity contribution in [1.82, 2.24) is 9.97 Å². The summed E-state index contributed by atoms with van der Waals surface area (Å²) in [5.74, 6) is 0. The zero-order chi connectivity index (χ0) is 7.56. The molecule has 1 atom stereocenters. The van der Waals surface area contributed by atoms with Crippen LogP contribution in [0.15, 0.2) is 17.6 Å². The smallest absolute Gasteiger partial charge is 0.218 e. The van der Waals surface area contributed by atoms with Crippen LogP contribution in [0, 0.1) is 3.57 Å². The minimum atomic E-state index is -1.06. The second-order valence-corrected chi connectivity index (χ2v) is 4.16. The van der Waals surface area contributed by atoms with Crippen LogP contribution in [0.2, 0.25) is 0 Å². The van der Waals surface area contributed by atoms with Crippen LogP contribution in [0.3, 0.4) is 0 Å². The van der Waals surface area contributed by atoms with Crippen molar-refractivity contribution < 1.29 is 4.21 Å². The van der Waals surface area contributed by atoms with Gasteiger partial charge in [-0.1, -0.05) is 0 Å². The van der Waals surface area contributed by atoms with Gasteiger partial charge in [0.15, 0.2) is 0 Å². The normalized spacial score (nSPS) is 13.0. The second-order valence-electron chi connectivity index (χ2n) is 1.64. The summed E-state index contributed by atoms with van der Waals surface area (Å²) in [5, 5.41) is 0.389. The molecular weight excluding hydrogens is 263 g/mol. The summed E-state index contributed by atoms with van der Waals surface area (Å²) in [4.78, 5) is 7.72. The van der Waals surface area contributed by atoms with Crippen molar-refractivity contribution in [2.45, 2.75) is 5.16 Å². The summed E-state index contributed by atoms with van der Waals surface area (Å²) in [6.07, 6.45) is 4.84. The van der Waals surface area contributed by atoms with Crippen molar-refractivity contribution >= 4 is 33.4 Å². The van der Waals surface area contributed by atoms with Crippen molar-refractivity contribution in [3.63, 3.8) is 0 Å². The van der Waals surface area contributed by atoms with Gasteiger partial charge in [-0.3, -0.25) is 4.21 Å². The van der Waals surface area contributed by atoms with E-state index in [1.807, 2.05) is 0 Å². The third kappa shape index (κ3) is 1.98. The maximum absolute atomic E-state index is 10.7. The van der Waals surface area contributed by atoms with Crippen molar-refractivity contribution in [2.24, 2.45) is 0 Å². The van der Waals surface area contributed by atoms with Gasteiger partial charge in [0.25, 0.3) is 0 Å². The molecule has 0 aliphatic carbocycles. The molecular formula is C5H5IN2OS. The molecule has 0 amide bonds. The van der Waals surface area contributed by atoms with Crippen LogP contribution in [0.1, 0.15) is 0 Å². The topological polar surface area (TPSA) is 42.9 Å². The van der Waals surface area contributed by atoms with E-state index in [1.165, 1.54) is 0 Å². The molecule has 1 rings (SSSR count). The molecule has 0 N–H and O–H groups in total. The number of rotatable bonds is 1. The minimum absolute atomic E-state index is 0.389. The lowest BCUT2D eigenvalue weighted by molar-refractivity contribution is 0.679. The number of aromatic nitrogens is 2. The first-order valence-electron chi connectivity index (χ1n) is 2.51. The fourth-order valence-corrected chi connectivity index (χ4v) is 1.13. The first-order chi connectivity index (χ1) is 4.70. The fourth-order valence-electron chi connectivity index (χ4n) is 0.449. The molecule has 1 aromatic rings. The first-order valence-corrected chi connectivity index (χ1v) is 5.15. The van der Waals surface area contributed by atoms with Crippen molar-refractivity contribution in [3.8, 4) is 0 Å². The third-order valence-electron chi connectivity index (χ3n) is 0.854. The lowest BCUT2D eigenvalue weighted by Crippen LogP contribution is -1.95. The van der Waals surface area contributed by atoms with E-state index >= 15 is 0 Å². The lowest BCUT2D eigenvalue weighted by Gasteiger charge is -1.91. The molecule has 0 aromatic carbocycles. The van der Waals surface area contributed by atoms with Gasteiger partial charge >= 0.3 is 0 Å². The van der Waals surface area contributed by atoms with Crippen LogP contribution in [0.5, 0.6) is 0 Å². The Kier molecular flexibility index (Phi) is 2.72. The van der Waals surface area contributed by atoms with Crippen LogP contribution >= 0.6 is 22.6 Å². The van der Waals surface area contributed by atoms with E-state index in [-0.39, 0.29) is 0 Å². The van der Waals surface area contributed by atoms with Gasteiger partial charge in [-0.05, 0) is 22.6 Å². The number of nitrogens with zero attached hydrogens (tertiary/aromatic N) is 2. The molecule has 0 aliphatic heterocycles. The molecule has 54 valence electrons. The fraction of sp³-hybridized carbons (Fsp3) is 0.200. The van der Waals surface area contributed by atoms with Crippen LogP contribution in [0.4, 0.5) is 0 Å². The van der Waals surface area contributed by atoms with Crippen molar-refractivity contribution in [2.75, 3.05) is 6.26 Å². The van der Waals surface area contributed by atoms with Gasteiger partial charge in [0.2, 0.25) is 5.16 Å². The standard InChI is InChI=1S/C5H5IN2OS/c1-10(9)5-7-2-4(6)3-8-5/h2-3H,1H3/t10-/m1/s1. The molecule has 0 bridgehead atoms. The lowest BCUT2D eigenvalue weighted by atomic mass is 10.7. The Hall–Kier alpha value is -0.0400. The Morgan fingerprint density at radius 2 is 2.00 bits per heavy atom. The third-order valence-corrected chi connectivity index (χ3v) is 2.14. The van der Waals surface area contributed by atoms with E-state index in [1.54, 1.807) is 18.6 Å². The van der Waals surface area contributed by atoms with E-state index in [0.29, 0.717) is 5.16 Å². The monoisotopic (exact) mass is 268 g/mol. The van der Waals surface area contributed by atoms with E-state index in [4.69, 9.17) is 0 Å². The maximum Gasteiger partial charge on any atom is 0.218 e. The largest absolute Gasteiger partial charge is 0.251 e. The van der Waals surface area contributed by atoms with Crippen LogP contribution in [-0.2, 0) is 10.8 Å². The highest BCUT2D eigenvalue weighted by molar-refractivity contribution is 14.1. The van der Waals surface area contributed by atoms with E-state index in [9.17, 15) is 4.21 Å². The van der Waals surface area contributed by atoms with E-state index in [0.717, 1.165) is 3.57 Å². The van der Waals surface area contributed by atoms with Gasteiger partial charge in [-0.25, -0.2) is 9.97 Å². The number of hydrogen-bond donors (Lipinski definition) is 0. The minimum Gasteiger partial charge on any atom is -0.251 e. The van der Waals surface area contributed by atoms with Gasteiger partial charge in [-0.2, -0.15) is 0 Å². The summed E-state index contributed by atoms with van der Waals surface area (Å²) in [5.41, 5.74) is 0. The van der Waals surface area contributed by atoms with Gasteiger partial charge in [-0.15, -0.1) is 0 Å². The maximum atomic E-state index is 10.7. The van der Waals surface area contributed by atoms with Crippen molar-refractivity contribution in [1.29, 1.82) is 0 Å². The average Bonchev–Trinajstić information content (AvgIpc) is 1.88. The van der Waals surface area contributed by atoms with E-state index < -0.39 is 10.8 Å². The van der Waals surface area contributed by atoms with Crippen LogP contribution in [-0.4, -0.2) is 20.4 Å². The Labute approximate surface area is 74.9 Å². The molecule has 10 heavy (non-hydrogen) atoms.